The van der Waals surface area contributed by atoms with E-state index in [-0.39, 0.29) is 13.1 Å². The lowest BCUT2D eigenvalue weighted by Crippen LogP contribution is -2.50. The quantitative estimate of drug-likeness (QED) is 0.624. The van der Waals surface area contributed by atoms with Crippen molar-refractivity contribution in [2.75, 3.05) is 6.54 Å². The molecule has 1 aliphatic rings. The van der Waals surface area contributed by atoms with Gasteiger partial charge < -0.3 is 15.1 Å². The van der Waals surface area contributed by atoms with Crippen LogP contribution in [-0.2, 0) is 17.6 Å². The zero-order valence-electron chi connectivity index (χ0n) is 18.0. The number of carbonyl (C=O) groups excluding carboxylic acids is 1. The molecule has 0 bridgehead atoms. The molecule has 1 aliphatic heterocycles. The molecule has 0 aliphatic carbocycles. The highest BCUT2D eigenvalue weighted by atomic mass is 19.4. The van der Waals surface area contributed by atoms with Gasteiger partial charge in [0.05, 0.1) is 17.8 Å². The maximum absolute atomic E-state index is 13.5. The van der Waals surface area contributed by atoms with Crippen molar-refractivity contribution in [3.63, 3.8) is 0 Å². The summed E-state index contributed by atoms with van der Waals surface area (Å²) in [6, 6.07) is 10.4. The first-order valence-electron chi connectivity index (χ1n) is 10.1. The number of hydrogen-bond donors (Lipinski definition) is 1. The van der Waals surface area contributed by atoms with E-state index < -0.39 is 35.2 Å². The van der Waals surface area contributed by atoms with Gasteiger partial charge in [0.2, 0.25) is 0 Å². The molecule has 0 aromatic heterocycles. The molecule has 172 valence electrons. The van der Waals surface area contributed by atoms with Gasteiger partial charge in [0.1, 0.15) is 5.82 Å². The summed E-state index contributed by atoms with van der Waals surface area (Å²) in [6.07, 6.45) is -4.65. The van der Waals surface area contributed by atoms with Crippen LogP contribution in [0.25, 0.3) is 0 Å². The fourth-order valence-electron chi connectivity index (χ4n) is 3.30. The molecule has 2 amide bonds. The summed E-state index contributed by atoms with van der Waals surface area (Å²) in [6.45, 7) is 5.49. The Morgan fingerprint density at radius 1 is 1.16 bits per heavy atom. The van der Waals surface area contributed by atoms with Gasteiger partial charge >= 0.3 is 12.2 Å². The zero-order chi connectivity index (χ0) is 23.5. The van der Waals surface area contributed by atoms with Gasteiger partial charge in [0.25, 0.3) is 0 Å². The van der Waals surface area contributed by atoms with Gasteiger partial charge in [0.15, 0.2) is 6.10 Å². The molecule has 5 nitrogen and oxygen atoms in total. The van der Waals surface area contributed by atoms with E-state index in [1.54, 1.807) is 12.1 Å². The van der Waals surface area contributed by atoms with Crippen molar-refractivity contribution in [3.8, 4) is 0 Å². The minimum absolute atomic E-state index is 0.0407. The topological polar surface area (TPSA) is 53.9 Å². The van der Waals surface area contributed by atoms with Crippen molar-refractivity contribution < 1.29 is 27.2 Å². The van der Waals surface area contributed by atoms with Gasteiger partial charge in [-0.05, 0) is 50.6 Å². The highest BCUT2D eigenvalue weighted by molar-refractivity contribution is 6.01. The lowest BCUT2D eigenvalue weighted by atomic mass is 10.0. The van der Waals surface area contributed by atoms with Crippen LogP contribution < -0.4 is 5.32 Å². The summed E-state index contributed by atoms with van der Waals surface area (Å²) < 4.78 is 52.8. The van der Waals surface area contributed by atoms with Crippen LogP contribution in [0, 0.1) is 5.82 Å². The summed E-state index contributed by atoms with van der Waals surface area (Å²) in [5.41, 5.74) is 0.150. The predicted molar refractivity (Wildman–Crippen MR) is 113 cm³/mol. The molecule has 9 heteroatoms. The smallest absolute Gasteiger partial charge is 0.390 e. The van der Waals surface area contributed by atoms with Gasteiger partial charge in [-0.1, -0.05) is 29.4 Å². The van der Waals surface area contributed by atoms with Crippen molar-refractivity contribution >= 4 is 11.7 Å². The molecular formula is C23H25F4N3O2. The molecule has 1 heterocycles. The minimum Gasteiger partial charge on any atom is -0.390 e. The predicted octanol–water partition coefficient (Wildman–Crippen LogP) is 5.35. The lowest BCUT2D eigenvalue weighted by Gasteiger charge is -2.30. The molecule has 1 N–H and O–H groups in total. The fourth-order valence-corrected chi connectivity index (χ4v) is 3.30. The number of nitrogens with zero attached hydrogens (tertiary/aromatic N) is 2. The van der Waals surface area contributed by atoms with Crippen LogP contribution in [0.4, 0.5) is 22.4 Å². The molecule has 32 heavy (non-hydrogen) atoms. The van der Waals surface area contributed by atoms with Crippen molar-refractivity contribution in [1.82, 2.24) is 10.2 Å². The number of oxime groups is 1. The van der Waals surface area contributed by atoms with Gasteiger partial charge in [-0.3, -0.25) is 0 Å². The van der Waals surface area contributed by atoms with Crippen molar-refractivity contribution in [1.29, 1.82) is 0 Å². The summed E-state index contributed by atoms with van der Waals surface area (Å²) >= 11 is 0. The van der Waals surface area contributed by atoms with Crippen LogP contribution in [0.1, 0.15) is 43.9 Å². The third kappa shape index (κ3) is 6.45. The molecular weight excluding hydrogens is 426 g/mol. The SMILES string of the molecule is CC(C)(C)NC(=O)N(Cc1cccc(C(F)(F)F)c1)C[C@H]1CC(c2cccc(F)c2)=NO1. The molecule has 0 saturated heterocycles. The van der Waals surface area contributed by atoms with E-state index in [4.69, 9.17) is 4.84 Å². The second-order valence-electron chi connectivity index (χ2n) is 8.74. The third-order valence-corrected chi connectivity index (χ3v) is 4.71. The number of amides is 2. The number of urea groups is 1. The molecule has 2 aromatic rings. The van der Waals surface area contributed by atoms with E-state index in [1.165, 1.54) is 29.2 Å². The first-order valence-corrected chi connectivity index (χ1v) is 10.1. The molecule has 0 fully saturated rings. The van der Waals surface area contributed by atoms with E-state index in [1.807, 2.05) is 20.8 Å². The highest BCUT2D eigenvalue weighted by Crippen LogP contribution is 2.30. The minimum atomic E-state index is -4.48. The fraction of sp³-hybridized carbons (Fsp3) is 0.391. The number of alkyl halides is 3. The molecule has 2 aromatic carbocycles. The van der Waals surface area contributed by atoms with Gasteiger partial charge in [-0.25, -0.2) is 9.18 Å². The molecule has 1 atom stereocenters. The second kappa shape index (κ2) is 9.18. The Labute approximate surface area is 184 Å². The normalized spacial score (nSPS) is 16.3. The number of halogens is 4. The average Bonchev–Trinajstić information content (AvgIpc) is 3.14. The van der Waals surface area contributed by atoms with Gasteiger partial charge in [-0.15, -0.1) is 0 Å². The van der Waals surface area contributed by atoms with Crippen molar-refractivity contribution in [2.45, 2.75) is 51.6 Å². The van der Waals surface area contributed by atoms with Gasteiger partial charge in [-0.2, -0.15) is 13.2 Å². The summed E-state index contributed by atoms with van der Waals surface area (Å²) in [5.74, 6) is -0.399. The largest absolute Gasteiger partial charge is 0.416 e. The Bertz CT molecular complexity index is 999. The van der Waals surface area contributed by atoms with Crippen LogP contribution in [0.2, 0.25) is 0 Å². The van der Waals surface area contributed by atoms with E-state index in [9.17, 15) is 22.4 Å². The Kier molecular flexibility index (Phi) is 6.76. The Morgan fingerprint density at radius 3 is 2.53 bits per heavy atom. The lowest BCUT2D eigenvalue weighted by molar-refractivity contribution is -0.137. The van der Waals surface area contributed by atoms with Crippen LogP contribution >= 0.6 is 0 Å². The van der Waals surface area contributed by atoms with Crippen molar-refractivity contribution in [2.24, 2.45) is 5.16 Å². The Balaban J connectivity index is 1.75. The summed E-state index contributed by atoms with van der Waals surface area (Å²) in [7, 11) is 0. The molecule has 0 spiro atoms. The van der Waals surface area contributed by atoms with E-state index in [0.717, 1.165) is 12.1 Å². The Morgan fingerprint density at radius 2 is 1.88 bits per heavy atom. The molecule has 0 saturated carbocycles. The van der Waals surface area contributed by atoms with Crippen LogP contribution in [-0.4, -0.2) is 34.8 Å². The molecule has 3 rings (SSSR count). The number of hydrogen-bond acceptors (Lipinski definition) is 3. The third-order valence-electron chi connectivity index (χ3n) is 4.71. The van der Waals surface area contributed by atoms with Crippen LogP contribution in [0.15, 0.2) is 53.7 Å². The van der Waals surface area contributed by atoms with E-state index in [2.05, 4.69) is 10.5 Å². The average molecular weight is 451 g/mol. The standard InChI is InChI=1S/C23H25F4N3O2/c1-22(2,3)28-21(31)30(13-15-6-4-8-17(10-15)23(25,26)27)14-19-12-20(29-32-19)16-7-5-9-18(24)11-16/h4-11,19H,12-14H2,1-3H3,(H,28,31)/t19-/m1/s1. The maximum Gasteiger partial charge on any atom is 0.416 e. The van der Waals surface area contributed by atoms with E-state index in [0.29, 0.717) is 23.3 Å². The monoisotopic (exact) mass is 451 g/mol. The number of nitrogens with one attached hydrogen (secondary N) is 1. The zero-order valence-corrected chi connectivity index (χ0v) is 18.0. The first-order chi connectivity index (χ1) is 14.9. The number of carbonyl (C=O) groups is 1. The first kappa shape index (κ1) is 23.6. The number of benzene rings is 2. The van der Waals surface area contributed by atoms with Crippen molar-refractivity contribution in [3.05, 3.63) is 71.0 Å². The number of rotatable bonds is 5. The highest BCUT2D eigenvalue weighted by Gasteiger charge is 2.32. The summed E-state index contributed by atoms with van der Waals surface area (Å²) in [5, 5.41) is 6.84. The second-order valence-corrected chi connectivity index (χ2v) is 8.74. The maximum atomic E-state index is 13.5. The van der Waals surface area contributed by atoms with Crippen LogP contribution in [0.3, 0.4) is 0 Å². The molecule has 0 unspecified atom stereocenters. The van der Waals surface area contributed by atoms with Gasteiger partial charge in [0, 0.05) is 24.1 Å². The van der Waals surface area contributed by atoms with E-state index >= 15 is 0 Å². The van der Waals surface area contributed by atoms with Crippen LogP contribution in [0.5, 0.6) is 0 Å². The summed E-state index contributed by atoms with van der Waals surface area (Å²) in [4.78, 5) is 19.7. The molecule has 0 radical (unpaired) electrons. The Hall–Kier alpha value is -3.10.